The highest BCUT2D eigenvalue weighted by Gasteiger charge is 2.36. The summed E-state index contributed by atoms with van der Waals surface area (Å²) in [7, 11) is 0. The first-order chi connectivity index (χ1) is 11.3. The van der Waals surface area contributed by atoms with Gasteiger partial charge in [0.2, 0.25) is 0 Å². The number of phenolic OH excluding ortho intramolecular Hbond substituents is 2. The lowest BCUT2D eigenvalue weighted by molar-refractivity contribution is -0.150. The van der Waals surface area contributed by atoms with Crippen molar-refractivity contribution in [2.45, 2.75) is 26.4 Å². The molecule has 0 aromatic heterocycles. The summed E-state index contributed by atoms with van der Waals surface area (Å²) in [6.07, 6.45) is 1.76. The van der Waals surface area contributed by atoms with Crippen molar-refractivity contribution in [1.29, 1.82) is 0 Å². The molecule has 1 atom stereocenters. The first kappa shape index (κ1) is 17.9. The van der Waals surface area contributed by atoms with Gasteiger partial charge < -0.3 is 14.9 Å². The molecule has 0 bridgehead atoms. The van der Waals surface area contributed by atoms with E-state index in [1.807, 2.05) is 6.92 Å². The third-order valence-corrected chi connectivity index (χ3v) is 4.27. The van der Waals surface area contributed by atoms with Gasteiger partial charge in [-0.1, -0.05) is 13.0 Å². The highest BCUT2D eigenvalue weighted by atomic mass is 32.2. The maximum absolute atomic E-state index is 12.3. The van der Waals surface area contributed by atoms with E-state index < -0.39 is 23.7 Å². The van der Waals surface area contributed by atoms with Crippen molar-refractivity contribution in [3.05, 3.63) is 28.7 Å². The third-order valence-electron chi connectivity index (χ3n) is 3.37. The van der Waals surface area contributed by atoms with E-state index in [0.717, 1.165) is 4.90 Å². The molecule has 1 aromatic carbocycles. The van der Waals surface area contributed by atoms with Crippen LogP contribution in [0.4, 0.5) is 4.79 Å². The van der Waals surface area contributed by atoms with Gasteiger partial charge in [-0.15, -0.1) is 0 Å². The van der Waals surface area contributed by atoms with Crippen molar-refractivity contribution >= 4 is 35.0 Å². The Morgan fingerprint density at radius 1 is 1.33 bits per heavy atom. The summed E-state index contributed by atoms with van der Waals surface area (Å²) in [5, 5.41) is 18.2. The van der Waals surface area contributed by atoms with Gasteiger partial charge in [0.15, 0.2) is 11.5 Å². The first-order valence-electron chi connectivity index (χ1n) is 7.28. The van der Waals surface area contributed by atoms with Gasteiger partial charge in [-0.25, -0.2) is 0 Å². The normalized spacial score (nSPS) is 17.4. The minimum absolute atomic E-state index is 0.126. The molecule has 24 heavy (non-hydrogen) atoms. The molecule has 0 unspecified atom stereocenters. The Hall–Kier alpha value is -2.48. The van der Waals surface area contributed by atoms with Gasteiger partial charge in [-0.3, -0.25) is 19.3 Å². The van der Waals surface area contributed by atoms with Gasteiger partial charge in [0.05, 0.1) is 11.0 Å². The topological polar surface area (TPSA) is 104 Å². The lowest BCUT2D eigenvalue weighted by atomic mass is 10.2. The summed E-state index contributed by atoms with van der Waals surface area (Å²) < 4.78 is 5.07. The fourth-order valence-electron chi connectivity index (χ4n) is 1.89. The van der Waals surface area contributed by atoms with E-state index in [0.29, 0.717) is 23.7 Å². The fraction of sp³-hybridized carbons (Fsp3) is 0.312. The number of hydrogen-bond acceptors (Lipinski definition) is 7. The predicted octanol–water partition coefficient (Wildman–Crippen LogP) is 2.48. The van der Waals surface area contributed by atoms with E-state index in [1.54, 1.807) is 6.92 Å². The molecule has 1 aliphatic rings. The standard InChI is InChI=1S/C16H17NO6S/c1-3-9(2)23-14(20)8-17-15(21)13(24-16(17)22)7-10-4-5-11(18)12(19)6-10/h4-7,9,18-19H,3,8H2,1-2H3/b13-7+/t9-/m1/s1. The van der Waals surface area contributed by atoms with Crippen molar-refractivity contribution in [2.24, 2.45) is 0 Å². The van der Waals surface area contributed by atoms with E-state index in [2.05, 4.69) is 0 Å². The lowest BCUT2D eigenvalue weighted by Gasteiger charge is -2.14. The highest BCUT2D eigenvalue weighted by Crippen LogP contribution is 2.33. The monoisotopic (exact) mass is 351 g/mol. The number of hydrogen-bond donors (Lipinski definition) is 2. The van der Waals surface area contributed by atoms with Gasteiger partial charge in [0, 0.05) is 0 Å². The van der Waals surface area contributed by atoms with Crippen LogP contribution in [0.15, 0.2) is 23.1 Å². The number of imide groups is 1. The van der Waals surface area contributed by atoms with Gasteiger partial charge in [-0.05, 0) is 48.9 Å². The number of ether oxygens (including phenoxy) is 1. The van der Waals surface area contributed by atoms with Crippen LogP contribution in [0.5, 0.6) is 11.5 Å². The van der Waals surface area contributed by atoms with Gasteiger partial charge in [-0.2, -0.15) is 0 Å². The minimum atomic E-state index is -0.643. The molecule has 2 N–H and O–H groups in total. The largest absolute Gasteiger partial charge is 0.504 e. The summed E-state index contributed by atoms with van der Waals surface area (Å²) >= 11 is 0.700. The number of aromatic hydroxyl groups is 2. The van der Waals surface area contributed by atoms with Crippen LogP contribution in [0.2, 0.25) is 0 Å². The molecule has 1 aliphatic heterocycles. The summed E-state index contributed by atoms with van der Waals surface area (Å²) in [4.78, 5) is 36.9. The fourth-order valence-corrected chi connectivity index (χ4v) is 2.73. The number of nitrogens with zero attached hydrogens (tertiary/aromatic N) is 1. The number of phenols is 2. The zero-order valence-electron chi connectivity index (χ0n) is 13.2. The average molecular weight is 351 g/mol. The van der Waals surface area contributed by atoms with E-state index >= 15 is 0 Å². The van der Waals surface area contributed by atoms with Crippen LogP contribution in [0, 0.1) is 0 Å². The predicted molar refractivity (Wildman–Crippen MR) is 88.3 cm³/mol. The van der Waals surface area contributed by atoms with Crippen LogP contribution in [0.1, 0.15) is 25.8 Å². The lowest BCUT2D eigenvalue weighted by Crippen LogP contribution is -2.35. The first-order valence-corrected chi connectivity index (χ1v) is 8.10. The molecule has 1 heterocycles. The van der Waals surface area contributed by atoms with Crippen molar-refractivity contribution in [1.82, 2.24) is 4.90 Å². The van der Waals surface area contributed by atoms with Crippen molar-refractivity contribution in [3.63, 3.8) is 0 Å². The Kier molecular flexibility index (Phi) is 5.50. The van der Waals surface area contributed by atoms with E-state index in [9.17, 15) is 24.6 Å². The molecule has 0 aliphatic carbocycles. The molecular weight excluding hydrogens is 334 g/mol. The van der Waals surface area contributed by atoms with Gasteiger partial charge in [0.25, 0.3) is 11.1 Å². The molecule has 1 fully saturated rings. The molecule has 2 amide bonds. The van der Waals surface area contributed by atoms with Crippen LogP contribution >= 0.6 is 11.8 Å². The summed E-state index contributed by atoms with van der Waals surface area (Å²) in [6, 6.07) is 4.02. The van der Waals surface area contributed by atoms with Crippen LogP contribution in [0.3, 0.4) is 0 Å². The van der Waals surface area contributed by atoms with Crippen molar-refractivity contribution in [2.75, 3.05) is 6.54 Å². The molecule has 0 spiro atoms. The summed E-state index contributed by atoms with van der Waals surface area (Å²) in [5.74, 6) is -1.86. The van der Waals surface area contributed by atoms with Gasteiger partial charge in [0.1, 0.15) is 6.54 Å². The number of benzene rings is 1. The van der Waals surface area contributed by atoms with Crippen LogP contribution in [0.25, 0.3) is 6.08 Å². The molecule has 128 valence electrons. The number of thioether (sulfide) groups is 1. The van der Waals surface area contributed by atoms with E-state index in [4.69, 9.17) is 4.74 Å². The second-order valence-corrected chi connectivity index (χ2v) is 6.22. The number of amides is 2. The van der Waals surface area contributed by atoms with Crippen molar-refractivity contribution < 1.29 is 29.3 Å². The molecule has 0 radical (unpaired) electrons. The Balaban J connectivity index is 2.11. The zero-order chi connectivity index (χ0) is 17.9. The smallest absolute Gasteiger partial charge is 0.326 e. The number of carbonyl (C=O) groups is 3. The molecular formula is C16H17NO6S. The van der Waals surface area contributed by atoms with Crippen LogP contribution in [-0.2, 0) is 14.3 Å². The van der Waals surface area contributed by atoms with E-state index in [1.165, 1.54) is 24.3 Å². The number of esters is 1. The molecule has 1 saturated heterocycles. The zero-order valence-corrected chi connectivity index (χ0v) is 14.0. The van der Waals surface area contributed by atoms with Crippen LogP contribution < -0.4 is 0 Å². The van der Waals surface area contributed by atoms with E-state index in [-0.39, 0.29) is 22.5 Å². The Morgan fingerprint density at radius 3 is 2.67 bits per heavy atom. The molecule has 7 nitrogen and oxygen atoms in total. The van der Waals surface area contributed by atoms with Crippen LogP contribution in [-0.4, -0.2) is 44.9 Å². The quantitative estimate of drug-likeness (QED) is 0.477. The maximum atomic E-state index is 12.3. The van der Waals surface area contributed by atoms with Crippen molar-refractivity contribution in [3.8, 4) is 11.5 Å². The molecule has 2 rings (SSSR count). The third kappa shape index (κ3) is 4.08. The summed E-state index contributed by atoms with van der Waals surface area (Å²) in [5.41, 5.74) is 0.443. The number of rotatable bonds is 5. The minimum Gasteiger partial charge on any atom is -0.504 e. The Morgan fingerprint density at radius 2 is 2.04 bits per heavy atom. The number of carbonyl (C=O) groups excluding carboxylic acids is 3. The van der Waals surface area contributed by atoms with Gasteiger partial charge >= 0.3 is 5.97 Å². The molecule has 1 aromatic rings. The SMILES string of the molecule is CC[C@@H](C)OC(=O)CN1C(=O)S/C(=C/c2ccc(O)c(O)c2)C1=O. The highest BCUT2D eigenvalue weighted by molar-refractivity contribution is 8.18. The average Bonchev–Trinajstić information content (AvgIpc) is 2.78. The molecule has 8 heteroatoms. The Labute approximate surface area is 142 Å². The second kappa shape index (κ2) is 7.39. The maximum Gasteiger partial charge on any atom is 0.326 e. The second-order valence-electron chi connectivity index (χ2n) is 5.22. The Bertz CT molecular complexity index is 715. The molecule has 0 saturated carbocycles. The summed E-state index contributed by atoms with van der Waals surface area (Å²) in [6.45, 7) is 3.14.